The molecule has 0 saturated carbocycles. The van der Waals surface area contributed by atoms with Crippen LogP contribution >= 0.6 is 11.3 Å². The molecule has 4 aromatic rings. The normalized spacial score (nSPS) is 10.6. The first kappa shape index (κ1) is 19.5. The number of aryl methyl sites for hydroxylation is 1. The van der Waals surface area contributed by atoms with Crippen molar-refractivity contribution < 1.29 is 14.1 Å². The van der Waals surface area contributed by atoms with Crippen molar-refractivity contribution in [1.29, 1.82) is 0 Å². The third-order valence-electron chi connectivity index (χ3n) is 4.36. The van der Waals surface area contributed by atoms with Crippen molar-refractivity contribution in [3.8, 4) is 22.5 Å². The fourth-order valence-electron chi connectivity index (χ4n) is 2.98. The van der Waals surface area contributed by atoms with Gasteiger partial charge in [0.2, 0.25) is 5.91 Å². The molecule has 8 heteroatoms. The number of thiazole rings is 1. The van der Waals surface area contributed by atoms with Gasteiger partial charge in [-0.05, 0) is 19.1 Å². The minimum absolute atomic E-state index is 0.125. The number of nitrogens with one attached hydrogen (secondary N) is 2. The second kappa shape index (κ2) is 8.30. The summed E-state index contributed by atoms with van der Waals surface area (Å²) in [7, 11) is 0. The minimum atomic E-state index is -0.325. The maximum Gasteiger partial charge on any atom is 0.263 e. The summed E-state index contributed by atoms with van der Waals surface area (Å²) >= 11 is 1.33. The fraction of sp³-hybridized carbons (Fsp3) is 0.0909. The molecule has 2 heterocycles. The van der Waals surface area contributed by atoms with Crippen molar-refractivity contribution >= 4 is 34.0 Å². The molecule has 7 nitrogen and oxygen atoms in total. The number of carbonyl (C=O) groups excluding carboxylic acids is 2. The monoisotopic (exact) mass is 418 g/mol. The topological polar surface area (TPSA) is 97.1 Å². The Morgan fingerprint density at radius 3 is 2.40 bits per heavy atom. The van der Waals surface area contributed by atoms with E-state index in [0.717, 1.165) is 16.8 Å². The number of hydrogen-bond acceptors (Lipinski definition) is 6. The summed E-state index contributed by atoms with van der Waals surface area (Å²) in [5.74, 6) is -0.00786. The van der Waals surface area contributed by atoms with Crippen LogP contribution in [0.5, 0.6) is 0 Å². The van der Waals surface area contributed by atoms with Gasteiger partial charge in [-0.2, -0.15) is 0 Å². The van der Waals surface area contributed by atoms with Crippen LogP contribution in [0.3, 0.4) is 0 Å². The number of amides is 2. The zero-order valence-electron chi connectivity index (χ0n) is 16.3. The Labute approximate surface area is 176 Å². The lowest BCUT2D eigenvalue weighted by molar-refractivity contribution is -0.114. The number of benzene rings is 2. The molecule has 0 aliphatic heterocycles. The van der Waals surface area contributed by atoms with Crippen LogP contribution in [0.4, 0.5) is 10.8 Å². The summed E-state index contributed by atoms with van der Waals surface area (Å²) in [6.07, 6.45) is 0. The van der Waals surface area contributed by atoms with Crippen LogP contribution in [0.25, 0.3) is 22.5 Å². The van der Waals surface area contributed by atoms with Gasteiger partial charge in [0.15, 0.2) is 5.13 Å². The van der Waals surface area contributed by atoms with Gasteiger partial charge in [-0.3, -0.25) is 14.9 Å². The lowest BCUT2D eigenvalue weighted by atomic mass is 10.1. The lowest BCUT2D eigenvalue weighted by Gasteiger charge is -2.04. The van der Waals surface area contributed by atoms with E-state index in [-0.39, 0.29) is 11.8 Å². The van der Waals surface area contributed by atoms with Gasteiger partial charge >= 0.3 is 0 Å². The Morgan fingerprint density at radius 1 is 0.967 bits per heavy atom. The molecular weight excluding hydrogens is 400 g/mol. The van der Waals surface area contributed by atoms with Gasteiger partial charge in [0, 0.05) is 29.1 Å². The van der Waals surface area contributed by atoms with E-state index >= 15 is 0 Å². The molecule has 150 valence electrons. The second-order valence-electron chi connectivity index (χ2n) is 6.58. The molecular formula is C22H18N4O3S. The molecule has 0 spiro atoms. The van der Waals surface area contributed by atoms with E-state index in [1.165, 1.54) is 18.3 Å². The SMILES string of the molecule is CC(=O)Nc1ccc(-c2csc(NC(=O)c3c(-c4ccccc4)noc3C)n2)cc1. The molecule has 0 unspecified atom stereocenters. The van der Waals surface area contributed by atoms with Crippen LogP contribution in [-0.2, 0) is 4.79 Å². The minimum Gasteiger partial charge on any atom is -0.360 e. The first-order valence-corrected chi connectivity index (χ1v) is 10.1. The van der Waals surface area contributed by atoms with Crippen molar-refractivity contribution in [1.82, 2.24) is 10.1 Å². The third kappa shape index (κ3) is 4.13. The van der Waals surface area contributed by atoms with Crippen LogP contribution < -0.4 is 10.6 Å². The van der Waals surface area contributed by atoms with Crippen molar-refractivity contribution in [2.75, 3.05) is 10.6 Å². The number of hydrogen-bond donors (Lipinski definition) is 2. The number of rotatable bonds is 5. The van der Waals surface area contributed by atoms with Gasteiger partial charge in [-0.15, -0.1) is 11.3 Å². The Kier molecular flexibility index (Phi) is 5.40. The van der Waals surface area contributed by atoms with E-state index in [9.17, 15) is 9.59 Å². The van der Waals surface area contributed by atoms with Crippen LogP contribution in [0.15, 0.2) is 64.5 Å². The highest BCUT2D eigenvalue weighted by Crippen LogP contribution is 2.29. The Morgan fingerprint density at radius 2 is 1.70 bits per heavy atom. The zero-order valence-corrected chi connectivity index (χ0v) is 17.1. The van der Waals surface area contributed by atoms with Crippen molar-refractivity contribution in [2.45, 2.75) is 13.8 Å². The molecule has 0 bridgehead atoms. The van der Waals surface area contributed by atoms with Gasteiger partial charge in [0.25, 0.3) is 5.91 Å². The Hall–Kier alpha value is -3.78. The number of aromatic nitrogens is 2. The first-order valence-electron chi connectivity index (χ1n) is 9.18. The standard InChI is InChI=1S/C22H18N4O3S/c1-13-19(20(26-29-13)16-6-4-3-5-7-16)21(28)25-22-24-18(12-30-22)15-8-10-17(11-9-15)23-14(2)27/h3-12H,1-2H3,(H,23,27)(H,24,25,28). The molecule has 2 amide bonds. The smallest absolute Gasteiger partial charge is 0.263 e. The van der Waals surface area contributed by atoms with Crippen LogP contribution in [0, 0.1) is 6.92 Å². The molecule has 0 radical (unpaired) electrons. The average Bonchev–Trinajstić information content (AvgIpc) is 3.35. The summed E-state index contributed by atoms with van der Waals surface area (Å²) < 4.78 is 5.26. The molecule has 0 fully saturated rings. The Balaban J connectivity index is 1.53. The van der Waals surface area contributed by atoms with Crippen LogP contribution in [0.1, 0.15) is 23.0 Å². The molecule has 2 N–H and O–H groups in total. The summed E-state index contributed by atoms with van der Waals surface area (Å²) in [6.45, 7) is 3.17. The van der Waals surface area contributed by atoms with Crippen molar-refractivity contribution in [3.63, 3.8) is 0 Å². The maximum atomic E-state index is 12.9. The second-order valence-corrected chi connectivity index (χ2v) is 7.44. The molecule has 0 saturated heterocycles. The quantitative estimate of drug-likeness (QED) is 0.476. The molecule has 2 aromatic heterocycles. The van der Waals surface area contributed by atoms with Crippen LogP contribution in [0.2, 0.25) is 0 Å². The van der Waals surface area contributed by atoms with Gasteiger partial charge in [-0.25, -0.2) is 4.98 Å². The Bertz CT molecular complexity index is 1200. The third-order valence-corrected chi connectivity index (χ3v) is 5.12. The highest BCUT2D eigenvalue weighted by atomic mass is 32.1. The summed E-state index contributed by atoms with van der Waals surface area (Å²) in [6, 6.07) is 16.8. The number of nitrogens with zero attached hydrogens (tertiary/aromatic N) is 2. The molecule has 30 heavy (non-hydrogen) atoms. The van der Waals surface area contributed by atoms with E-state index in [1.54, 1.807) is 19.1 Å². The van der Waals surface area contributed by atoms with Crippen molar-refractivity contribution in [2.24, 2.45) is 0 Å². The van der Waals surface area contributed by atoms with E-state index in [0.29, 0.717) is 27.8 Å². The van der Waals surface area contributed by atoms with E-state index in [2.05, 4.69) is 20.8 Å². The highest BCUT2D eigenvalue weighted by molar-refractivity contribution is 7.14. The zero-order chi connectivity index (χ0) is 21.1. The maximum absolute atomic E-state index is 12.9. The predicted molar refractivity (Wildman–Crippen MR) is 116 cm³/mol. The average molecular weight is 418 g/mol. The fourth-order valence-corrected chi connectivity index (χ4v) is 3.70. The lowest BCUT2D eigenvalue weighted by Crippen LogP contribution is -2.13. The summed E-state index contributed by atoms with van der Waals surface area (Å²) in [5.41, 5.74) is 4.01. The largest absolute Gasteiger partial charge is 0.360 e. The van der Waals surface area contributed by atoms with Gasteiger partial charge < -0.3 is 9.84 Å². The molecule has 0 aliphatic carbocycles. The van der Waals surface area contributed by atoms with Gasteiger partial charge in [-0.1, -0.05) is 47.6 Å². The number of anilines is 2. The molecule has 0 atom stereocenters. The first-order chi connectivity index (χ1) is 14.5. The van der Waals surface area contributed by atoms with Gasteiger partial charge in [0.05, 0.1) is 5.69 Å². The van der Waals surface area contributed by atoms with Crippen LogP contribution in [-0.4, -0.2) is 22.0 Å². The molecule has 4 rings (SSSR count). The summed E-state index contributed by atoms with van der Waals surface area (Å²) in [5, 5.41) is 11.9. The van der Waals surface area contributed by atoms with E-state index in [4.69, 9.17) is 4.52 Å². The number of carbonyl (C=O) groups is 2. The van der Waals surface area contributed by atoms with E-state index in [1.807, 2.05) is 47.8 Å². The van der Waals surface area contributed by atoms with E-state index < -0.39 is 0 Å². The van der Waals surface area contributed by atoms with Gasteiger partial charge in [0.1, 0.15) is 17.0 Å². The molecule has 2 aromatic carbocycles. The summed E-state index contributed by atoms with van der Waals surface area (Å²) in [4.78, 5) is 28.5. The predicted octanol–water partition coefficient (Wildman–Crippen LogP) is 4.98. The molecule has 0 aliphatic rings. The van der Waals surface area contributed by atoms with Crippen molar-refractivity contribution in [3.05, 3.63) is 71.3 Å². The highest BCUT2D eigenvalue weighted by Gasteiger charge is 2.22.